The van der Waals surface area contributed by atoms with Gasteiger partial charge in [-0.1, -0.05) is 18.2 Å². The average molecular weight is 609 g/mol. The molecule has 0 amide bonds. The van der Waals surface area contributed by atoms with Crippen molar-refractivity contribution in [1.82, 2.24) is 9.80 Å². The van der Waals surface area contributed by atoms with Crippen LogP contribution in [0, 0.1) is 0 Å². The molecule has 2 atom stereocenters. The minimum absolute atomic E-state index is 0.00659. The predicted molar refractivity (Wildman–Crippen MR) is 173 cm³/mol. The molecule has 8 rings (SSSR count). The normalized spacial score (nSPS) is 19.4. The molecular weight excluding hydrogens is 568 g/mol. The Morgan fingerprint density at radius 2 is 1.42 bits per heavy atom. The Morgan fingerprint density at radius 3 is 2.18 bits per heavy atom. The van der Waals surface area contributed by atoms with Gasteiger partial charge >= 0.3 is 0 Å². The van der Waals surface area contributed by atoms with Crippen LogP contribution in [0.15, 0.2) is 60.7 Å². The number of nitrogens with zero attached hydrogens (tertiary/aromatic N) is 2. The van der Waals surface area contributed by atoms with Gasteiger partial charge in [0.25, 0.3) is 0 Å². The lowest BCUT2D eigenvalue weighted by molar-refractivity contribution is 0.220. The monoisotopic (exact) mass is 608 g/mol. The van der Waals surface area contributed by atoms with E-state index in [0.29, 0.717) is 53.1 Å². The molecule has 8 heteroatoms. The summed E-state index contributed by atoms with van der Waals surface area (Å²) in [6.07, 6.45) is 3.18. The van der Waals surface area contributed by atoms with Gasteiger partial charge in [-0.05, 0) is 110 Å². The average Bonchev–Trinajstić information content (AvgIpc) is 3.04. The first-order valence-corrected chi connectivity index (χ1v) is 15.5. The molecule has 4 heterocycles. The van der Waals surface area contributed by atoms with E-state index < -0.39 is 0 Å². The first-order valence-electron chi connectivity index (χ1n) is 15.5. The number of hydrogen-bond acceptors (Lipinski definition) is 8. The standard InChI is InChI=1S/C37H40N2O6/c1-38-13-11-24-19-32(41-3)33-21-27(24)28(38)16-23-9-10-31(30(40)18-23)44-26-8-6-7-22(15-26)17-29-35-25(12-14-39(29)2)20-34(42-4)36(43-5)37(35)45-33/h6-10,15,18-21,28-29,40H,11-14,16-17H2,1-5H3/t28-,29+/m1/s1. The fourth-order valence-corrected chi connectivity index (χ4v) is 7.17. The zero-order valence-corrected chi connectivity index (χ0v) is 26.6. The summed E-state index contributed by atoms with van der Waals surface area (Å²) >= 11 is 0. The van der Waals surface area contributed by atoms with Gasteiger partial charge in [0.1, 0.15) is 5.75 Å². The maximum atomic E-state index is 11.0. The molecule has 234 valence electrons. The molecule has 0 saturated carbocycles. The summed E-state index contributed by atoms with van der Waals surface area (Å²) in [5, 5.41) is 11.0. The molecule has 0 aromatic heterocycles. The zero-order valence-electron chi connectivity index (χ0n) is 26.6. The van der Waals surface area contributed by atoms with Crippen molar-refractivity contribution < 1.29 is 28.8 Å². The SMILES string of the molecule is COc1cc2c3cc1Oc1c(OC)c(OC)cc4c1[C@H](Cc1cccc(c1)Oc1ccc(cc1O)C[C@H]3N(C)CC2)N(C)CC4. The molecule has 0 fully saturated rings. The van der Waals surface area contributed by atoms with Crippen molar-refractivity contribution in [3.63, 3.8) is 0 Å². The third-order valence-electron chi connectivity index (χ3n) is 9.62. The number of aromatic hydroxyl groups is 1. The molecule has 1 N–H and O–H groups in total. The van der Waals surface area contributed by atoms with Crippen molar-refractivity contribution in [3.05, 3.63) is 94.0 Å². The number of methoxy groups -OCH3 is 3. The number of fused-ring (bicyclic) bond motifs is 2. The summed E-state index contributed by atoms with van der Waals surface area (Å²) in [5.74, 6) is 4.41. The van der Waals surface area contributed by atoms with Crippen LogP contribution < -0.4 is 23.7 Å². The molecule has 4 aliphatic heterocycles. The van der Waals surface area contributed by atoms with E-state index in [0.717, 1.165) is 42.6 Å². The third kappa shape index (κ3) is 5.32. The first-order chi connectivity index (χ1) is 21.9. The molecule has 0 spiro atoms. The molecule has 8 nitrogen and oxygen atoms in total. The maximum absolute atomic E-state index is 11.0. The van der Waals surface area contributed by atoms with Crippen LogP contribution in [0.5, 0.6) is 46.0 Å². The van der Waals surface area contributed by atoms with Gasteiger partial charge in [0.2, 0.25) is 5.75 Å². The summed E-state index contributed by atoms with van der Waals surface area (Å²) < 4.78 is 31.0. The highest BCUT2D eigenvalue weighted by molar-refractivity contribution is 5.63. The second-order valence-electron chi connectivity index (χ2n) is 12.3. The molecule has 0 saturated heterocycles. The van der Waals surface area contributed by atoms with E-state index in [1.54, 1.807) is 21.3 Å². The summed E-state index contributed by atoms with van der Waals surface area (Å²) in [4.78, 5) is 4.73. The predicted octanol–water partition coefficient (Wildman–Crippen LogP) is 6.86. The van der Waals surface area contributed by atoms with E-state index in [2.05, 4.69) is 48.2 Å². The molecule has 0 unspecified atom stereocenters. The second-order valence-corrected chi connectivity index (χ2v) is 12.3. The van der Waals surface area contributed by atoms with Crippen molar-refractivity contribution in [2.24, 2.45) is 0 Å². The van der Waals surface area contributed by atoms with Gasteiger partial charge in [-0.15, -0.1) is 0 Å². The molecule has 4 aliphatic rings. The molecular formula is C37H40N2O6. The number of phenolic OH excluding ortho intramolecular Hbond substituents is 1. The summed E-state index contributed by atoms with van der Waals surface area (Å²) in [7, 11) is 9.32. The zero-order chi connectivity index (χ0) is 31.2. The fourth-order valence-electron chi connectivity index (χ4n) is 7.17. The van der Waals surface area contributed by atoms with Crippen LogP contribution in [0.25, 0.3) is 0 Å². The van der Waals surface area contributed by atoms with Gasteiger partial charge in [0, 0.05) is 30.7 Å². The van der Waals surface area contributed by atoms with Gasteiger partial charge < -0.3 is 28.8 Å². The highest BCUT2D eigenvalue weighted by atomic mass is 16.5. The largest absolute Gasteiger partial charge is 0.504 e. The maximum Gasteiger partial charge on any atom is 0.204 e. The Balaban J connectivity index is 1.47. The van der Waals surface area contributed by atoms with E-state index >= 15 is 0 Å². The first kappa shape index (κ1) is 29.3. The number of hydrogen-bond donors (Lipinski definition) is 1. The molecule has 0 aliphatic carbocycles. The topological polar surface area (TPSA) is 72.9 Å². The van der Waals surface area contributed by atoms with Gasteiger partial charge in [-0.3, -0.25) is 9.80 Å². The second kappa shape index (κ2) is 11.8. The van der Waals surface area contributed by atoms with Crippen LogP contribution in [-0.2, 0) is 25.7 Å². The van der Waals surface area contributed by atoms with Crippen molar-refractivity contribution >= 4 is 0 Å². The number of ether oxygens (including phenoxy) is 5. The van der Waals surface area contributed by atoms with Crippen molar-refractivity contribution in [2.45, 2.75) is 37.8 Å². The minimum atomic E-state index is -0.00659. The Hall–Kier alpha value is -4.40. The van der Waals surface area contributed by atoms with Gasteiger partial charge in [-0.25, -0.2) is 0 Å². The Morgan fingerprint density at radius 1 is 0.711 bits per heavy atom. The number of likely N-dealkylation sites (N-methyl/N-ethyl adjacent to an activating group) is 2. The summed E-state index contributed by atoms with van der Waals surface area (Å²) in [6, 6.07) is 20.2. The lowest BCUT2D eigenvalue weighted by atomic mass is 9.87. The van der Waals surface area contributed by atoms with Crippen LogP contribution in [-0.4, -0.2) is 63.4 Å². The number of phenols is 1. The summed E-state index contributed by atoms with van der Waals surface area (Å²) in [5.41, 5.74) is 6.79. The van der Waals surface area contributed by atoms with Crippen LogP contribution in [0.4, 0.5) is 0 Å². The van der Waals surface area contributed by atoms with Gasteiger partial charge in [0.15, 0.2) is 34.5 Å². The molecule has 0 radical (unpaired) electrons. The van der Waals surface area contributed by atoms with Crippen LogP contribution in [0.2, 0.25) is 0 Å². The Labute approximate surface area is 264 Å². The lowest BCUT2D eigenvalue weighted by Gasteiger charge is -2.37. The highest BCUT2D eigenvalue weighted by Gasteiger charge is 2.34. The van der Waals surface area contributed by atoms with E-state index in [-0.39, 0.29) is 17.8 Å². The molecule has 4 aromatic carbocycles. The molecule has 6 bridgehead atoms. The van der Waals surface area contributed by atoms with Crippen LogP contribution in [0.1, 0.15) is 45.5 Å². The number of benzene rings is 4. The molecule has 4 aromatic rings. The quantitative estimate of drug-likeness (QED) is 0.271. The van der Waals surface area contributed by atoms with E-state index in [4.69, 9.17) is 23.7 Å². The lowest BCUT2D eigenvalue weighted by Crippen LogP contribution is -2.34. The van der Waals surface area contributed by atoms with Crippen molar-refractivity contribution in [3.8, 4) is 46.0 Å². The van der Waals surface area contributed by atoms with Crippen LogP contribution >= 0.6 is 0 Å². The Kier molecular flexibility index (Phi) is 7.71. The van der Waals surface area contributed by atoms with Crippen LogP contribution in [0.3, 0.4) is 0 Å². The van der Waals surface area contributed by atoms with E-state index in [9.17, 15) is 5.11 Å². The number of rotatable bonds is 3. The summed E-state index contributed by atoms with van der Waals surface area (Å²) in [6.45, 7) is 1.80. The molecule has 45 heavy (non-hydrogen) atoms. The minimum Gasteiger partial charge on any atom is -0.504 e. The highest BCUT2D eigenvalue weighted by Crippen LogP contribution is 2.52. The van der Waals surface area contributed by atoms with E-state index in [1.807, 2.05) is 36.4 Å². The van der Waals surface area contributed by atoms with Gasteiger partial charge in [0.05, 0.1) is 21.3 Å². The van der Waals surface area contributed by atoms with Crippen molar-refractivity contribution in [1.29, 1.82) is 0 Å². The van der Waals surface area contributed by atoms with Gasteiger partial charge in [-0.2, -0.15) is 0 Å². The Bertz CT molecular complexity index is 1750. The van der Waals surface area contributed by atoms with Crippen molar-refractivity contribution in [2.75, 3.05) is 48.5 Å². The third-order valence-corrected chi connectivity index (χ3v) is 9.62. The van der Waals surface area contributed by atoms with E-state index in [1.165, 1.54) is 16.7 Å². The fraction of sp³-hybridized carbons (Fsp3) is 0.351. The smallest absolute Gasteiger partial charge is 0.204 e.